The molecule has 1 aliphatic heterocycles. The van der Waals surface area contributed by atoms with E-state index in [-0.39, 0.29) is 24.0 Å². The van der Waals surface area contributed by atoms with Crippen molar-refractivity contribution in [3.63, 3.8) is 0 Å². The highest BCUT2D eigenvalue weighted by molar-refractivity contribution is 5.97. The summed E-state index contributed by atoms with van der Waals surface area (Å²) < 4.78 is 45.2. The quantitative estimate of drug-likeness (QED) is 0.822. The lowest BCUT2D eigenvalue weighted by Crippen LogP contribution is -2.51. The van der Waals surface area contributed by atoms with E-state index in [0.29, 0.717) is 31.6 Å². The molecule has 0 aliphatic carbocycles. The van der Waals surface area contributed by atoms with Gasteiger partial charge >= 0.3 is 6.18 Å². The van der Waals surface area contributed by atoms with Crippen molar-refractivity contribution in [1.82, 2.24) is 15.1 Å². The maximum absolute atomic E-state index is 13.0. The van der Waals surface area contributed by atoms with Crippen LogP contribution in [0.25, 0.3) is 5.69 Å². The number of rotatable bonds is 4. The van der Waals surface area contributed by atoms with Gasteiger partial charge in [-0.05, 0) is 56.3 Å². The number of nitrogens with one attached hydrogen (secondary N) is 2. The number of methoxy groups -OCH3 is 1. The van der Waals surface area contributed by atoms with Gasteiger partial charge in [-0.15, -0.1) is 12.4 Å². The Bertz CT molecular complexity index is 771. The molecule has 3 rings (SSSR count). The number of anilines is 1. The minimum absolute atomic E-state index is 0. The van der Waals surface area contributed by atoms with Gasteiger partial charge in [-0.25, -0.2) is 4.68 Å². The maximum atomic E-state index is 13.0. The van der Waals surface area contributed by atoms with E-state index < -0.39 is 17.5 Å². The standard InChI is InChI=1S/C17H19F3N4O2.ClH/c1-26-16(7-10-21-11-8-16)15(25)23-12-2-4-13(5-3-12)24-14(6-9-22-24)17(18,19)20;/h2-6,9,21H,7-8,10-11H2,1H3,(H,23,25);1H. The highest BCUT2D eigenvalue weighted by Crippen LogP contribution is 2.31. The molecule has 6 nitrogen and oxygen atoms in total. The van der Waals surface area contributed by atoms with Crippen molar-refractivity contribution in [2.45, 2.75) is 24.6 Å². The van der Waals surface area contributed by atoms with Gasteiger partial charge in [-0.2, -0.15) is 18.3 Å². The molecule has 0 spiro atoms. The van der Waals surface area contributed by atoms with Crippen LogP contribution in [0, 0.1) is 0 Å². The second kappa shape index (κ2) is 8.28. The van der Waals surface area contributed by atoms with E-state index in [4.69, 9.17) is 4.74 Å². The number of benzene rings is 1. The number of alkyl halides is 3. The van der Waals surface area contributed by atoms with E-state index in [1.54, 1.807) is 12.1 Å². The molecule has 0 unspecified atom stereocenters. The molecule has 2 aromatic rings. The molecular weight excluding hydrogens is 385 g/mol. The van der Waals surface area contributed by atoms with Crippen LogP contribution in [0.5, 0.6) is 0 Å². The molecule has 0 bridgehead atoms. The number of halogens is 4. The number of aromatic nitrogens is 2. The molecule has 0 radical (unpaired) electrons. The summed E-state index contributed by atoms with van der Waals surface area (Å²) in [6.45, 7) is 1.36. The molecule has 148 valence electrons. The Morgan fingerprint density at radius 3 is 2.41 bits per heavy atom. The van der Waals surface area contributed by atoms with Gasteiger partial charge in [-0.1, -0.05) is 0 Å². The predicted molar refractivity (Wildman–Crippen MR) is 96.3 cm³/mol. The van der Waals surface area contributed by atoms with Crippen LogP contribution in [-0.2, 0) is 15.7 Å². The SMILES string of the molecule is COC1(C(=O)Nc2ccc(-n3nccc3C(F)(F)F)cc2)CCNCC1.Cl. The Kier molecular flexibility index (Phi) is 6.50. The normalized spacial score (nSPS) is 16.4. The Hall–Kier alpha value is -2.10. The maximum Gasteiger partial charge on any atom is 0.433 e. The lowest BCUT2D eigenvalue weighted by molar-refractivity contribution is -0.143. The second-order valence-electron chi connectivity index (χ2n) is 6.08. The Morgan fingerprint density at radius 1 is 1.22 bits per heavy atom. The van der Waals surface area contributed by atoms with E-state index in [2.05, 4.69) is 15.7 Å². The molecule has 1 aromatic heterocycles. The van der Waals surface area contributed by atoms with Gasteiger partial charge in [0.05, 0.1) is 11.9 Å². The molecule has 0 saturated carbocycles. The van der Waals surface area contributed by atoms with E-state index in [1.165, 1.54) is 19.2 Å². The summed E-state index contributed by atoms with van der Waals surface area (Å²) in [7, 11) is 1.50. The van der Waals surface area contributed by atoms with Crippen LogP contribution in [0.15, 0.2) is 36.5 Å². The third-order valence-corrected chi connectivity index (χ3v) is 4.52. The first-order valence-corrected chi connectivity index (χ1v) is 8.15. The molecule has 1 amide bonds. The van der Waals surface area contributed by atoms with Crippen LogP contribution in [0.3, 0.4) is 0 Å². The van der Waals surface area contributed by atoms with Crippen molar-refractivity contribution in [1.29, 1.82) is 0 Å². The molecule has 0 atom stereocenters. The fourth-order valence-electron chi connectivity index (χ4n) is 3.01. The fraction of sp³-hybridized carbons (Fsp3) is 0.412. The minimum atomic E-state index is -4.50. The van der Waals surface area contributed by atoms with Crippen molar-refractivity contribution in [2.24, 2.45) is 0 Å². The molecule has 1 fully saturated rings. The number of amides is 1. The van der Waals surface area contributed by atoms with E-state index >= 15 is 0 Å². The lowest BCUT2D eigenvalue weighted by Gasteiger charge is -2.34. The molecular formula is C17H20ClF3N4O2. The summed E-state index contributed by atoms with van der Waals surface area (Å²) in [5.41, 5.74) is -1.02. The monoisotopic (exact) mass is 404 g/mol. The second-order valence-corrected chi connectivity index (χ2v) is 6.08. The van der Waals surface area contributed by atoms with E-state index in [9.17, 15) is 18.0 Å². The first kappa shape index (κ1) is 21.2. The average molecular weight is 405 g/mol. The highest BCUT2D eigenvalue weighted by Gasteiger charge is 2.39. The molecule has 1 aromatic carbocycles. The molecule has 2 heterocycles. The highest BCUT2D eigenvalue weighted by atomic mass is 35.5. The zero-order valence-electron chi connectivity index (χ0n) is 14.5. The number of nitrogens with zero attached hydrogens (tertiary/aromatic N) is 2. The lowest BCUT2D eigenvalue weighted by atomic mass is 9.91. The third-order valence-electron chi connectivity index (χ3n) is 4.52. The smallest absolute Gasteiger partial charge is 0.368 e. The molecule has 1 saturated heterocycles. The zero-order chi connectivity index (χ0) is 18.8. The summed E-state index contributed by atoms with van der Waals surface area (Å²) in [4.78, 5) is 12.6. The van der Waals surface area contributed by atoms with Gasteiger partial charge in [0.2, 0.25) is 0 Å². The Balaban J connectivity index is 0.00000261. The van der Waals surface area contributed by atoms with Crippen molar-refractivity contribution >= 4 is 24.0 Å². The predicted octanol–water partition coefficient (Wildman–Crippen LogP) is 3.02. The van der Waals surface area contributed by atoms with Gasteiger partial charge in [0.25, 0.3) is 5.91 Å². The molecule has 2 N–H and O–H groups in total. The number of carbonyl (C=O) groups is 1. The topological polar surface area (TPSA) is 68.2 Å². The number of carbonyl (C=O) groups excluding carboxylic acids is 1. The summed E-state index contributed by atoms with van der Waals surface area (Å²) in [6, 6.07) is 6.94. The molecule has 10 heteroatoms. The van der Waals surface area contributed by atoms with Crippen molar-refractivity contribution < 1.29 is 22.7 Å². The summed E-state index contributed by atoms with van der Waals surface area (Å²) in [6.07, 6.45) is -2.30. The Morgan fingerprint density at radius 2 is 1.85 bits per heavy atom. The summed E-state index contributed by atoms with van der Waals surface area (Å²) in [5, 5.41) is 9.67. The van der Waals surface area contributed by atoms with E-state index in [1.807, 2.05) is 0 Å². The number of ether oxygens (including phenoxy) is 1. The van der Waals surface area contributed by atoms with Crippen LogP contribution in [0.1, 0.15) is 18.5 Å². The minimum Gasteiger partial charge on any atom is -0.368 e. The molecule has 27 heavy (non-hydrogen) atoms. The van der Waals surface area contributed by atoms with Crippen LogP contribution < -0.4 is 10.6 Å². The van der Waals surface area contributed by atoms with Gasteiger partial charge in [0, 0.05) is 12.8 Å². The summed E-state index contributed by atoms with van der Waals surface area (Å²) >= 11 is 0. The number of hydrogen-bond acceptors (Lipinski definition) is 4. The molecule has 1 aliphatic rings. The van der Waals surface area contributed by atoms with Gasteiger partial charge < -0.3 is 15.4 Å². The van der Waals surface area contributed by atoms with Crippen molar-refractivity contribution in [3.05, 3.63) is 42.2 Å². The Labute approximate surface area is 160 Å². The third kappa shape index (κ3) is 4.42. The van der Waals surface area contributed by atoms with Crippen LogP contribution in [-0.4, -0.2) is 41.5 Å². The number of hydrogen-bond donors (Lipinski definition) is 2. The van der Waals surface area contributed by atoms with Gasteiger partial charge in [0.1, 0.15) is 11.3 Å². The van der Waals surface area contributed by atoms with Crippen molar-refractivity contribution in [3.8, 4) is 5.69 Å². The first-order chi connectivity index (χ1) is 12.4. The summed E-state index contributed by atoms with van der Waals surface area (Å²) in [5.74, 6) is -0.260. The first-order valence-electron chi connectivity index (χ1n) is 8.15. The largest absolute Gasteiger partial charge is 0.433 e. The van der Waals surface area contributed by atoms with E-state index in [0.717, 1.165) is 16.9 Å². The van der Waals surface area contributed by atoms with Gasteiger partial charge in [0.15, 0.2) is 0 Å². The van der Waals surface area contributed by atoms with Crippen LogP contribution in [0.4, 0.5) is 18.9 Å². The average Bonchev–Trinajstić information content (AvgIpc) is 3.13. The van der Waals surface area contributed by atoms with Crippen molar-refractivity contribution in [2.75, 3.05) is 25.5 Å². The van der Waals surface area contributed by atoms with Gasteiger partial charge in [-0.3, -0.25) is 4.79 Å². The zero-order valence-corrected chi connectivity index (χ0v) is 15.4. The number of piperidine rings is 1. The fourth-order valence-corrected chi connectivity index (χ4v) is 3.01. The van der Waals surface area contributed by atoms with Crippen LogP contribution >= 0.6 is 12.4 Å². The van der Waals surface area contributed by atoms with Crippen LogP contribution in [0.2, 0.25) is 0 Å².